The molecule has 1 saturated heterocycles. The predicted molar refractivity (Wildman–Crippen MR) is 88.2 cm³/mol. The lowest BCUT2D eigenvalue weighted by atomic mass is 10.0. The second-order valence-electron chi connectivity index (χ2n) is 6.64. The van der Waals surface area contributed by atoms with E-state index in [2.05, 4.69) is 33.4 Å². The highest BCUT2D eigenvalue weighted by molar-refractivity contribution is 5.96. The Labute approximate surface area is 137 Å². The van der Waals surface area contributed by atoms with Crippen LogP contribution in [0.4, 0.5) is 0 Å². The van der Waals surface area contributed by atoms with Gasteiger partial charge >= 0.3 is 0 Å². The molecule has 3 heterocycles. The quantitative estimate of drug-likeness (QED) is 0.768. The van der Waals surface area contributed by atoms with Gasteiger partial charge in [0.2, 0.25) is 0 Å². The van der Waals surface area contributed by atoms with E-state index in [0.717, 1.165) is 31.8 Å². The van der Waals surface area contributed by atoms with Gasteiger partial charge in [0.15, 0.2) is 5.78 Å². The van der Waals surface area contributed by atoms with Crippen molar-refractivity contribution in [2.45, 2.75) is 51.7 Å². The second kappa shape index (κ2) is 6.66. The molecule has 0 radical (unpaired) electrons. The van der Waals surface area contributed by atoms with Crippen LogP contribution in [0.1, 0.15) is 55.3 Å². The second-order valence-corrected chi connectivity index (χ2v) is 6.64. The van der Waals surface area contributed by atoms with Crippen molar-refractivity contribution in [3.8, 4) is 0 Å². The third-order valence-electron chi connectivity index (χ3n) is 4.60. The fraction of sp³-hybridized carbons (Fsp3) is 0.588. The maximum atomic E-state index is 12.4. The molecule has 23 heavy (non-hydrogen) atoms. The summed E-state index contributed by atoms with van der Waals surface area (Å²) in [5.74, 6) is 1.27. The molecule has 0 spiro atoms. The van der Waals surface area contributed by atoms with E-state index in [1.165, 1.54) is 0 Å². The van der Waals surface area contributed by atoms with Gasteiger partial charge in [-0.05, 0) is 33.2 Å². The molecule has 1 fully saturated rings. The summed E-state index contributed by atoms with van der Waals surface area (Å²) in [4.78, 5) is 19.3. The molecule has 0 N–H and O–H groups in total. The van der Waals surface area contributed by atoms with Gasteiger partial charge < -0.3 is 4.57 Å². The first-order chi connectivity index (χ1) is 11.0. The Morgan fingerprint density at radius 3 is 2.96 bits per heavy atom. The van der Waals surface area contributed by atoms with Crippen LogP contribution in [-0.4, -0.2) is 42.6 Å². The highest BCUT2D eigenvalue weighted by atomic mass is 16.1. The van der Waals surface area contributed by atoms with Gasteiger partial charge in [-0.15, -0.1) is 0 Å². The minimum absolute atomic E-state index is 0.183. The molecule has 1 aliphatic rings. The zero-order chi connectivity index (χ0) is 16.4. The van der Waals surface area contributed by atoms with Crippen LogP contribution in [0.2, 0.25) is 0 Å². The molecule has 0 aromatic carbocycles. The molecule has 1 unspecified atom stereocenters. The smallest absolute Gasteiger partial charge is 0.167 e. The van der Waals surface area contributed by atoms with Gasteiger partial charge in [-0.3, -0.25) is 14.4 Å². The van der Waals surface area contributed by atoms with Gasteiger partial charge in [0.1, 0.15) is 5.82 Å². The number of hydrogen-bond acceptors (Lipinski definition) is 4. The van der Waals surface area contributed by atoms with Gasteiger partial charge in [0.25, 0.3) is 0 Å². The van der Waals surface area contributed by atoms with Gasteiger partial charge in [-0.1, -0.05) is 0 Å². The normalized spacial score (nSPS) is 18.9. The highest BCUT2D eigenvalue weighted by Gasteiger charge is 2.28. The third-order valence-corrected chi connectivity index (χ3v) is 4.60. The van der Waals surface area contributed by atoms with Crippen LogP contribution in [-0.2, 0) is 13.6 Å². The summed E-state index contributed by atoms with van der Waals surface area (Å²) in [7, 11) is 1.84. The topological polar surface area (TPSA) is 56.0 Å². The van der Waals surface area contributed by atoms with E-state index in [-0.39, 0.29) is 5.78 Å². The Hall–Kier alpha value is -1.95. The van der Waals surface area contributed by atoms with Crippen LogP contribution in [0.5, 0.6) is 0 Å². The van der Waals surface area contributed by atoms with Crippen molar-refractivity contribution in [1.29, 1.82) is 0 Å². The predicted octanol–water partition coefficient (Wildman–Crippen LogP) is 2.43. The first-order valence-corrected chi connectivity index (χ1v) is 8.32. The van der Waals surface area contributed by atoms with E-state index >= 15 is 0 Å². The van der Waals surface area contributed by atoms with E-state index in [0.29, 0.717) is 24.1 Å². The number of ketones is 1. The fourth-order valence-electron chi connectivity index (χ4n) is 3.35. The molecule has 124 valence electrons. The molecule has 6 nitrogen and oxygen atoms in total. The molecule has 2 aromatic rings. The van der Waals surface area contributed by atoms with E-state index < -0.39 is 0 Å². The minimum atomic E-state index is 0.183. The van der Waals surface area contributed by atoms with Crippen LogP contribution in [0, 0.1) is 0 Å². The van der Waals surface area contributed by atoms with Crippen molar-refractivity contribution in [3.63, 3.8) is 0 Å². The first-order valence-electron chi connectivity index (χ1n) is 8.32. The minimum Gasteiger partial charge on any atom is -0.331 e. The van der Waals surface area contributed by atoms with E-state index in [1.807, 2.05) is 19.4 Å². The average molecular weight is 315 g/mol. The summed E-state index contributed by atoms with van der Waals surface area (Å²) in [6, 6.07) is 0.714. The zero-order valence-corrected chi connectivity index (χ0v) is 14.1. The van der Waals surface area contributed by atoms with Gasteiger partial charge in [-0.25, -0.2) is 4.98 Å². The lowest BCUT2D eigenvalue weighted by Gasteiger charge is -2.24. The van der Waals surface area contributed by atoms with Crippen molar-refractivity contribution < 1.29 is 4.79 Å². The van der Waals surface area contributed by atoms with Gasteiger partial charge in [0.05, 0.1) is 18.3 Å². The SMILES string of the molecule is CC(C)n1ccnc1CN1CCCC1CC(=O)c1cnn(C)c1. The number of hydrogen-bond donors (Lipinski definition) is 0. The molecule has 0 bridgehead atoms. The number of carbonyl (C=O) groups excluding carboxylic acids is 1. The molecule has 0 saturated carbocycles. The number of carbonyl (C=O) groups is 1. The summed E-state index contributed by atoms with van der Waals surface area (Å²) >= 11 is 0. The summed E-state index contributed by atoms with van der Waals surface area (Å²) < 4.78 is 3.89. The monoisotopic (exact) mass is 315 g/mol. The molecular formula is C17H25N5O. The molecule has 2 aromatic heterocycles. The zero-order valence-electron chi connectivity index (χ0n) is 14.1. The van der Waals surface area contributed by atoms with E-state index in [1.54, 1.807) is 17.1 Å². The third kappa shape index (κ3) is 3.52. The number of Topliss-reactive ketones (excluding diaryl/α,β-unsaturated/α-hetero) is 1. The maximum absolute atomic E-state index is 12.4. The molecule has 0 amide bonds. The number of aromatic nitrogens is 4. The fourth-order valence-corrected chi connectivity index (χ4v) is 3.35. The Morgan fingerprint density at radius 2 is 2.26 bits per heavy atom. The summed E-state index contributed by atoms with van der Waals surface area (Å²) in [5, 5.41) is 4.09. The number of likely N-dealkylation sites (tertiary alicyclic amines) is 1. The van der Waals surface area contributed by atoms with Crippen molar-refractivity contribution in [1.82, 2.24) is 24.2 Å². The summed E-state index contributed by atoms with van der Waals surface area (Å²) in [6.07, 6.45) is 10.1. The number of rotatable bonds is 6. The van der Waals surface area contributed by atoms with Crippen LogP contribution in [0.15, 0.2) is 24.8 Å². The van der Waals surface area contributed by atoms with Crippen LogP contribution < -0.4 is 0 Å². The molecule has 0 aliphatic carbocycles. The molecule has 6 heteroatoms. The summed E-state index contributed by atoms with van der Waals surface area (Å²) in [5.41, 5.74) is 0.711. The largest absolute Gasteiger partial charge is 0.331 e. The molecule has 1 atom stereocenters. The lowest BCUT2D eigenvalue weighted by molar-refractivity contribution is 0.0936. The van der Waals surface area contributed by atoms with Crippen molar-refractivity contribution in [2.75, 3.05) is 6.54 Å². The Kier molecular flexibility index (Phi) is 4.61. The van der Waals surface area contributed by atoms with Crippen LogP contribution >= 0.6 is 0 Å². The van der Waals surface area contributed by atoms with Crippen LogP contribution in [0.25, 0.3) is 0 Å². The highest BCUT2D eigenvalue weighted by Crippen LogP contribution is 2.24. The Balaban J connectivity index is 1.66. The lowest BCUT2D eigenvalue weighted by Crippen LogP contribution is -2.32. The number of aryl methyl sites for hydroxylation is 1. The van der Waals surface area contributed by atoms with Gasteiger partial charge in [0, 0.05) is 44.1 Å². The standard InChI is InChI=1S/C17H25N5O/c1-13(2)22-8-6-18-17(22)12-21-7-4-5-15(21)9-16(23)14-10-19-20(3)11-14/h6,8,10-11,13,15H,4-5,7,9,12H2,1-3H3. The summed E-state index contributed by atoms with van der Waals surface area (Å²) in [6.45, 7) is 6.18. The van der Waals surface area contributed by atoms with Crippen molar-refractivity contribution >= 4 is 5.78 Å². The van der Waals surface area contributed by atoms with E-state index in [4.69, 9.17) is 0 Å². The molecule has 3 rings (SSSR count). The van der Waals surface area contributed by atoms with E-state index in [9.17, 15) is 4.79 Å². The molecule has 1 aliphatic heterocycles. The Morgan fingerprint density at radius 1 is 1.43 bits per heavy atom. The number of imidazole rings is 1. The van der Waals surface area contributed by atoms with Gasteiger partial charge in [-0.2, -0.15) is 5.10 Å². The first kappa shape index (κ1) is 15.9. The Bertz CT molecular complexity index is 672. The average Bonchev–Trinajstić information content (AvgIpc) is 3.21. The van der Waals surface area contributed by atoms with Crippen molar-refractivity contribution in [2.24, 2.45) is 7.05 Å². The molecular weight excluding hydrogens is 290 g/mol. The maximum Gasteiger partial charge on any atom is 0.167 e. The number of nitrogens with zero attached hydrogens (tertiary/aromatic N) is 5. The van der Waals surface area contributed by atoms with Crippen LogP contribution in [0.3, 0.4) is 0 Å². The van der Waals surface area contributed by atoms with Crippen molar-refractivity contribution in [3.05, 3.63) is 36.2 Å².